The number of allylic oxidation sites excluding steroid dienone is 1. The molecule has 11 nitrogen and oxygen atoms in total. The number of azo groups is 1. The molecular formula is C30H31F2N7O4. The third-order valence-corrected chi connectivity index (χ3v) is 6.79. The number of rotatable bonds is 11. The van der Waals surface area contributed by atoms with Gasteiger partial charge in [-0.15, -0.1) is 0 Å². The molecule has 3 heterocycles. The van der Waals surface area contributed by atoms with E-state index < -0.39 is 18.4 Å². The Bertz CT molecular complexity index is 1690. The van der Waals surface area contributed by atoms with Gasteiger partial charge in [-0.05, 0) is 56.3 Å². The second-order valence-electron chi connectivity index (χ2n) is 9.81. The summed E-state index contributed by atoms with van der Waals surface area (Å²) in [6, 6.07) is 13.9. The van der Waals surface area contributed by atoms with Crippen molar-refractivity contribution in [2.24, 2.45) is 10.2 Å². The third-order valence-electron chi connectivity index (χ3n) is 6.79. The molecule has 0 bridgehead atoms. The third kappa shape index (κ3) is 6.71. The number of carbonyl (C=O) groups excluding carboxylic acids is 1. The van der Waals surface area contributed by atoms with Crippen LogP contribution in [0, 0.1) is 0 Å². The van der Waals surface area contributed by atoms with Crippen LogP contribution in [0.2, 0.25) is 0 Å². The monoisotopic (exact) mass is 591 g/mol. The van der Waals surface area contributed by atoms with Gasteiger partial charge in [-0.1, -0.05) is 6.08 Å². The Morgan fingerprint density at radius 3 is 2.67 bits per heavy atom. The van der Waals surface area contributed by atoms with Crippen LogP contribution in [-0.2, 0) is 6.54 Å². The summed E-state index contributed by atoms with van der Waals surface area (Å²) < 4.78 is 44.8. The van der Waals surface area contributed by atoms with Gasteiger partial charge in [0, 0.05) is 30.3 Å². The molecule has 2 unspecified atom stereocenters. The second-order valence-corrected chi connectivity index (χ2v) is 9.81. The zero-order chi connectivity index (χ0) is 30.5. The fourth-order valence-electron chi connectivity index (χ4n) is 4.41. The van der Waals surface area contributed by atoms with E-state index >= 15 is 0 Å². The topological polar surface area (TPSA) is 124 Å². The van der Waals surface area contributed by atoms with E-state index in [1.807, 2.05) is 31.2 Å². The maximum absolute atomic E-state index is 13.5. The van der Waals surface area contributed by atoms with E-state index in [1.165, 1.54) is 20.1 Å². The van der Waals surface area contributed by atoms with E-state index in [1.54, 1.807) is 42.3 Å². The quantitative estimate of drug-likeness (QED) is 0.223. The van der Waals surface area contributed by atoms with Crippen molar-refractivity contribution in [2.45, 2.75) is 45.5 Å². The summed E-state index contributed by atoms with van der Waals surface area (Å²) in [5.74, 6) is 0.673. The van der Waals surface area contributed by atoms with Gasteiger partial charge < -0.3 is 24.8 Å². The number of hydrogen-bond donors (Lipinski definition) is 2. The molecule has 1 aliphatic heterocycles. The molecule has 0 radical (unpaired) electrons. The van der Waals surface area contributed by atoms with Crippen molar-refractivity contribution >= 4 is 22.6 Å². The zero-order valence-electron chi connectivity index (χ0n) is 24.0. The molecule has 2 N–H and O–H groups in total. The number of benzene rings is 2. The number of methoxy groups -OCH3 is 2. The highest BCUT2D eigenvalue weighted by atomic mass is 19.3. The van der Waals surface area contributed by atoms with Crippen LogP contribution in [0.25, 0.3) is 16.9 Å². The molecule has 43 heavy (non-hydrogen) atoms. The summed E-state index contributed by atoms with van der Waals surface area (Å²) in [4.78, 5) is 22.2. The maximum atomic E-state index is 13.5. The van der Waals surface area contributed by atoms with E-state index in [9.17, 15) is 13.6 Å². The molecule has 224 valence electrons. The van der Waals surface area contributed by atoms with Crippen LogP contribution in [0.5, 0.6) is 17.4 Å². The number of nitrogens with zero attached hydrogens (tertiary/aromatic N) is 5. The molecule has 0 fully saturated rings. The fraction of sp³-hybridized carbons (Fsp3) is 0.300. The molecule has 13 heteroatoms. The minimum Gasteiger partial charge on any atom is -0.497 e. The molecule has 1 amide bonds. The number of halogens is 2. The Kier molecular flexibility index (Phi) is 8.79. The second kappa shape index (κ2) is 12.8. The van der Waals surface area contributed by atoms with Crippen molar-refractivity contribution in [3.8, 4) is 23.2 Å². The first-order valence-electron chi connectivity index (χ1n) is 13.5. The number of amides is 1. The Labute approximate surface area is 246 Å². The van der Waals surface area contributed by atoms with Crippen LogP contribution in [0.3, 0.4) is 0 Å². The molecule has 0 saturated heterocycles. The fourth-order valence-corrected chi connectivity index (χ4v) is 4.41. The predicted octanol–water partition coefficient (Wildman–Crippen LogP) is 5.90. The van der Waals surface area contributed by atoms with Gasteiger partial charge in [0.05, 0.1) is 31.0 Å². The molecule has 2 atom stereocenters. The summed E-state index contributed by atoms with van der Waals surface area (Å²) in [6.45, 7) is 3.21. The minimum absolute atomic E-state index is 0.00140. The number of alkyl halides is 2. The number of fused-ring (bicyclic) bond motifs is 1. The molecule has 0 saturated carbocycles. The number of hydrogen-bond acceptors (Lipinski definition) is 9. The molecule has 0 spiro atoms. The average molecular weight is 592 g/mol. The standard InChI is InChI=1S/C30H31F2N7O4/c1-17-5-11-26(38-37-17)35-20-7-10-23-24(13-20)39(16-34-23)27-12-9-22(30(36-27)43-18(2)28(31)32)29(40)33-15-19-6-8-21(41-3)14-25(19)42-4/h5-10,12-14,16,18,26,28,35H,11,15H2,1-4H3,(H,33,40). The van der Waals surface area contributed by atoms with Crippen molar-refractivity contribution in [1.29, 1.82) is 0 Å². The zero-order valence-corrected chi connectivity index (χ0v) is 24.0. The Morgan fingerprint density at radius 1 is 1.12 bits per heavy atom. The number of ether oxygens (including phenoxy) is 3. The van der Waals surface area contributed by atoms with E-state index in [2.05, 4.69) is 30.8 Å². The van der Waals surface area contributed by atoms with Gasteiger partial charge in [-0.3, -0.25) is 9.36 Å². The van der Waals surface area contributed by atoms with Gasteiger partial charge in [-0.2, -0.15) is 15.2 Å². The molecular weight excluding hydrogens is 560 g/mol. The normalized spacial score (nSPS) is 15.2. The van der Waals surface area contributed by atoms with Crippen LogP contribution >= 0.6 is 0 Å². The summed E-state index contributed by atoms with van der Waals surface area (Å²) in [6.07, 6.45) is -0.227. The van der Waals surface area contributed by atoms with Gasteiger partial charge in [0.2, 0.25) is 5.88 Å². The molecule has 4 aromatic rings. The highest BCUT2D eigenvalue weighted by molar-refractivity contribution is 5.96. The molecule has 0 aliphatic carbocycles. The number of aromatic nitrogens is 3. The first-order chi connectivity index (χ1) is 20.7. The summed E-state index contributed by atoms with van der Waals surface area (Å²) in [5, 5.41) is 14.5. The highest BCUT2D eigenvalue weighted by Gasteiger charge is 2.23. The molecule has 1 aliphatic rings. The summed E-state index contributed by atoms with van der Waals surface area (Å²) in [5.41, 5.74) is 3.75. The maximum Gasteiger partial charge on any atom is 0.274 e. The van der Waals surface area contributed by atoms with Gasteiger partial charge >= 0.3 is 0 Å². The predicted molar refractivity (Wildman–Crippen MR) is 156 cm³/mol. The Balaban J connectivity index is 1.42. The van der Waals surface area contributed by atoms with Gasteiger partial charge in [-0.25, -0.2) is 13.8 Å². The molecule has 5 rings (SSSR count). The van der Waals surface area contributed by atoms with E-state index in [0.717, 1.165) is 11.4 Å². The first-order valence-corrected chi connectivity index (χ1v) is 13.5. The SMILES string of the molecule is COc1ccc(CNC(=O)c2ccc(-n3cnc4ccc(NC5CC=C(C)N=N5)cc43)nc2OC(C)C(F)F)c(OC)c1. The largest absolute Gasteiger partial charge is 0.497 e. The van der Waals surface area contributed by atoms with E-state index in [-0.39, 0.29) is 24.2 Å². The lowest BCUT2D eigenvalue weighted by molar-refractivity contribution is 0.0195. The van der Waals surface area contributed by atoms with Crippen molar-refractivity contribution in [3.05, 3.63) is 77.8 Å². The van der Waals surface area contributed by atoms with Crippen molar-refractivity contribution in [3.63, 3.8) is 0 Å². The lowest BCUT2D eigenvalue weighted by Gasteiger charge is -2.18. The number of nitrogens with one attached hydrogen (secondary N) is 2. The van der Waals surface area contributed by atoms with E-state index in [4.69, 9.17) is 14.2 Å². The van der Waals surface area contributed by atoms with Crippen LogP contribution in [0.4, 0.5) is 14.5 Å². The summed E-state index contributed by atoms with van der Waals surface area (Å²) >= 11 is 0. The van der Waals surface area contributed by atoms with Crippen LogP contribution < -0.4 is 24.8 Å². The van der Waals surface area contributed by atoms with Crippen molar-refractivity contribution in [1.82, 2.24) is 19.9 Å². The van der Waals surface area contributed by atoms with Gasteiger partial charge in [0.1, 0.15) is 35.4 Å². The van der Waals surface area contributed by atoms with Crippen LogP contribution in [-0.4, -0.2) is 53.4 Å². The van der Waals surface area contributed by atoms with Crippen LogP contribution in [0.1, 0.15) is 36.2 Å². The van der Waals surface area contributed by atoms with Gasteiger partial charge in [0.25, 0.3) is 12.3 Å². The number of pyridine rings is 1. The number of carbonyl (C=O) groups is 1. The molecule has 2 aromatic heterocycles. The Hall–Kier alpha value is -5.07. The number of imidazole rings is 1. The van der Waals surface area contributed by atoms with Gasteiger partial charge in [0.15, 0.2) is 6.10 Å². The number of anilines is 1. The smallest absolute Gasteiger partial charge is 0.274 e. The van der Waals surface area contributed by atoms with Crippen LogP contribution in [0.15, 0.2) is 76.9 Å². The first kappa shape index (κ1) is 29.4. The minimum atomic E-state index is -2.79. The highest BCUT2D eigenvalue weighted by Crippen LogP contribution is 2.28. The molecule has 2 aromatic carbocycles. The lowest BCUT2D eigenvalue weighted by atomic mass is 10.1. The van der Waals surface area contributed by atoms with Crippen molar-refractivity contribution in [2.75, 3.05) is 19.5 Å². The average Bonchev–Trinajstić information content (AvgIpc) is 3.44. The lowest BCUT2D eigenvalue weighted by Crippen LogP contribution is -2.27. The van der Waals surface area contributed by atoms with E-state index in [0.29, 0.717) is 40.3 Å². The Morgan fingerprint density at radius 2 is 1.95 bits per heavy atom. The summed E-state index contributed by atoms with van der Waals surface area (Å²) in [7, 11) is 3.05. The van der Waals surface area contributed by atoms with Crippen molar-refractivity contribution < 1.29 is 27.8 Å².